The van der Waals surface area contributed by atoms with Gasteiger partial charge >= 0.3 is 5.97 Å². The van der Waals surface area contributed by atoms with Gasteiger partial charge in [-0.3, -0.25) is 4.79 Å². The second-order valence-corrected chi connectivity index (χ2v) is 7.32. The van der Waals surface area contributed by atoms with Gasteiger partial charge < -0.3 is 15.2 Å². The van der Waals surface area contributed by atoms with Crippen molar-refractivity contribution < 1.29 is 19.4 Å². The number of amides is 1. The molecule has 0 aromatic heterocycles. The van der Waals surface area contributed by atoms with Gasteiger partial charge in [-0.05, 0) is 35.7 Å². The van der Waals surface area contributed by atoms with Gasteiger partial charge in [0, 0.05) is 18.8 Å². The van der Waals surface area contributed by atoms with E-state index >= 15 is 0 Å². The molecule has 0 saturated heterocycles. The molecule has 0 spiro atoms. The highest BCUT2D eigenvalue weighted by Crippen LogP contribution is 2.28. The van der Waals surface area contributed by atoms with Crippen molar-refractivity contribution in [3.63, 3.8) is 0 Å². The molecule has 31 heavy (non-hydrogen) atoms. The maximum absolute atomic E-state index is 13.0. The van der Waals surface area contributed by atoms with E-state index in [1.807, 2.05) is 60.7 Å². The van der Waals surface area contributed by atoms with Gasteiger partial charge in [-0.2, -0.15) is 0 Å². The first-order valence-electron chi connectivity index (χ1n) is 10.4. The van der Waals surface area contributed by atoms with Crippen LogP contribution in [0.15, 0.2) is 84.9 Å². The lowest BCUT2D eigenvalue weighted by molar-refractivity contribution is -0.147. The number of phenolic OH excluding ortho intramolecular Hbond substituents is 1. The number of hydrogen-bond donors (Lipinski definition) is 2. The molecule has 0 fully saturated rings. The summed E-state index contributed by atoms with van der Waals surface area (Å²) < 4.78 is 5.17. The number of nitrogens with one attached hydrogen (secondary N) is 1. The van der Waals surface area contributed by atoms with Crippen molar-refractivity contribution in [2.24, 2.45) is 0 Å². The Bertz CT molecular complexity index is 932. The molecule has 3 rings (SSSR count). The van der Waals surface area contributed by atoms with Crippen LogP contribution >= 0.6 is 0 Å². The lowest BCUT2D eigenvalue weighted by Crippen LogP contribution is -2.43. The molecule has 3 aromatic carbocycles. The average Bonchev–Trinajstić information content (AvgIpc) is 2.80. The fraction of sp³-hybridized carbons (Fsp3) is 0.231. The second-order valence-electron chi connectivity index (χ2n) is 7.32. The Balaban J connectivity index is 1.77. The molecule has 3 aromatic rings. The van der Waals surface area contributed by atoms with Crippen LogP contribution < -0.4 is 5.32 Å². The minimum absolute atomic E-state index is 0.126. The zero-order valence-electron chi connectivity index (χ0n) is 17.5. The molecule has 0 aliphatic heterocycles. The normalized spacial score (nSPS) is 11.7. The number of carbonyl (C=O) groups excluding carboxylic acids is 2. The molecule has 2 N–H and O–H groups in total. The monoisotopic (exact) mass is 417 g/mol. The Hall–Kier alpha value is -3.60. The smallest absolute Gasteiger partial charge is 0.328 e. The van der Waals surface area contributed by atoms with E-state index in [0.29, 0.717) is 0 Å². The van der Waals surface area contributed by atoms with E-state index in [4.69, 9.17) is 4.74 Å². The van der Waals surface area contributed by atoms with Crippen molar-refractivity contribution in [2.75, 3.05) is 6.61 Å². The molecule has 0 aliphatic rings. The van der Waals surface area contributed by atoms with Crippen molar-refractivity contribution in [3.8, 4) is 5.75 Å². The Morgan fingerprint density at radius 1 is 0.871 bits per heavy atom. The summed E-state index contributed by atoms with van der Waals surface area (Å²) in [7, 11) is 0. The summed E-state index contributed by atoms with van der Waals surface area (Å²) in [5.41, 5.74) is 2.89. The summed E-state index contributed by atoms with van der Waals surface area (Å²) in [6.45, 7) is 1.97. The quantitative estimate of drug-likeness (QED) is 0.512. The first kappa shape index (κ1) is 22.1. The van der Waals surface area contributed by atoms with Crippen LogP contribution in [0, 0.1) is 0 Å². The van der Waals surface area contributed by atoms with Crippen LogP contribution in [-0.2, 0) is 20.7 Å². The summed E-state index contributed by atoms with van der Waals surface area (Å²) >= 11 is 0. The van der Waals surface area contributed by atoms with Gasteiger partial charge in [0.1, 0.15) is 11.8 Å². The third-order valence-corrected chi connectivity index (χ3v) is 5.08. The molecule has 0 heterocycles. The van der Waals surface area contributed by atoms with E-state index in [-0.39, 0.29) is 37.0 Å². The Morgan fingerprint density at radius 2 is 1.42 bits per heavy atom. The Labute approximate surface area is 182 Å². The standard InChI is InChI=1S/C26H27NO4/c1-2-31-26(30)24(17-19-13-15-22(28)16-14-19)27-25(29)18-23(20-9-5-3-6-10-20)21-11-7-4-8-12-21/h3-16,23-24,28H,2,17-18H2,1H3,(H,27,29). The lowest BCUT2D eigenvalue weighted by Gasteiger charge is -2.21. The molecule has 1 atom stereocenters. The molecule has 5 nitrogen and oxygen atoms in total. The molecule has 0 saturated carbocycles. The molecule has 0 bridgehead atoms. The zero-order chi connectivity index (χ0) is 22.1. The molecular weight excluding hydrogens is 390 g/mol. The number of rotatable bonds is 9. The van der Waals surface area contributed by atoms with E-state index in [9.17, 15) is 14.7 Å². The van der Waals surface area contributed by atoms with Crippen molar-refractivity contribution in [3.05, 3.63) is 102 Å². The van der Waals surface area contributed by atoms with Gasteiger partial charge in [0.15, 0.2) is 0 Å². The van der Waals surface area contributed by atoms with Crippen molar-refractivity contribution >= 4 is 11.9 Å². The maximum atomic E-state index is 13.0. The van der Waals surface area contributed by atoms with Gasteiger partial charge in [-0.1, -0.05) is 72.8 Å². The van der Waals surface area contributed by atoms with Crippen LogP contribution in [-0.4, -0.2) is 29.6 Å². The third kappa shape index (κ3) is 6.44. The van der Waals surface area contributed by atoms with Crippen LogP contribution in [0.5, 0.6) is 5.75 Å². The Morgan fingerprint density at radius 3 is 1.94 bits per heavy atom. The minimum Gasteiger partial charge on any atom is -0.508 e. The van der Waals surface area contributed by atoms with Crippen LogP contribution in [0.1, 0.15) is 36.0 Å². The molecule has 1 amide bonds. The van der Waals surface area contributed by atoms with Gasteiger partial charge in [-0.15, -0.1) is 0 Å². The van der Waals surface area contributed by atoms with Crippen molar-refractivity contribution in [1.29, 1.82) is 0 Å². The average molecular weight is 418 g/mol. The summed E-state index contributed by atoms with van der Waals surface area (Å²) in [5, 5.41) is 12.3. The maximum Gasteiger partial charge on any atom is 0.328 e. The number of phenols is 1. The summed E-state index contributed by atoms with van der Waals surface area (Å²) in [4.78, 5) is 25.5. The molecule has 160 valence electrons. The zero-order valence-corrected chi connectivity index (χ0v) is 17.5. The topological polar surface area (TPSA) is 75.6 Å². The Kier molecular flexibility index (Phi) is 7.82. The van der Waals surface area contributed by atoms with Crippen molar-refractivity contribution in [2.45, 2.75) is 31.7 Å². The highest BCUT2D eigenvalue weighted by Gasteiger charge is 2.25. The largest absolute Gasteiger partial charge is 0.508 e. The van der Waals surface area contributed by atoms with E-state index in [2.05, 4.69) is 5.32 Å². The van der Waals surface area contributed by atoms with Gasteiger partial charge in [-0.25, -0.2) is 4.79 Å². The predicted molar refractivity (Wildman–Crippen MR) is 120 cm³/mol. The SMILES string of the molecule is CCOC(=O)C(Cc1ccc(O)cc1)NC(=O)CC(c1ccccc1)c1ccccc1. The van der Waals surface area contributed by atoms with E-state index < -0.39 is 12.0 Å². The predicted octanol–water partition coefficient (Wildman–Crippen LogP) is 4.20. The van der Waals surface area contributed by atoms with Crippen LogP contribution in [0.2, 0.25) is 0 Å². The number of esters is 1. The van der Waals surface area contributed by atoms with Gasteiger partial charge in [0.2, 0.25) is 5.91 Å². The first-order valence-corrected chi connectivity index (χ1v) is 10.4. The van der Waals surface area contributed by atoms with Crippen LogP contribution in [0.3, 0.4) is 0 Å². The molecule has 5 heteroatoms. The number of benzene rings is 3. The van der Waals surface area contributed by atoms with E-state index in [1.165, 1.54) is 0 Å². The van der Waals surface area contributed by atoms with E-state index in [1.54, 1.807) is 31.2 Å². The first-order chi connectivity index (χ1) is 15.1. The van der Waals surface area contributed by atoms with Crippen LogP contribution in [0.4, 0.5) is 0 Å². The molecule has 1 unspecified atom stereocenters. The molecule has 0 aliphatic carbocycles. The van der Waals surface area contributed by atoms with Crippen LogP contribution in [0.25, 0.3) is 0 Å². The third-order valence-electron chi connectivity index (χ3n) is 5.08. The molecule has 0 radical (unpaired) electrons. The summed E-state index contributed by atoms with van der Waals surface area (Å²) in [5.74, 6) is -0.678. The van der Waals surface area contributed by atoms with Gasteiger partial charge in [0.05, 0.1) is 6.61 Å². The van der Waals surface area contributed by atoms with Gasteiger partial charge in [0.25, 0.3) is 0 Å². The summed E-state index contributed by atoms with van der Waals surface area (Å²) in [6, 6.07) is 25.5. The summed E-state index contributed by atoms with van der Waals surface area (Å²) in [6.07, 6.45) is 0.492. The van der Waals surface area contributed by atoms with Crippen molar-refractivity contribution in [1.82, 2.24) is 5.32 Å². The highest BCUT2D eigenvalue weighted by atomic mass is 16.5. The van der Waals surface area contributed by atoms with E-state index in [0.717, 1.165) is 16.7 Å². The lowest BCUT2D eigenvalue weighted by atomic mass is 9.88. The minimum atomic E-state index is -0.802. The number of hydrogen-bond acceptors (Lipinski definition) is 4. The highest BCUT2D eigenvalue weighted by molar-refractivity contribution is 5.85. The fourth-order valence-electron chi connectivity index (χ4n) is 3.54. The second kappa shape index (κ2) is 11.0. The molecular formula is C26H27NO4. The number of carbonyl (C=O) groups is 2. The fourth-order valence-corrected chi connectivity index (χ4v) is 3.54. The number of aromatic hydroxyl groups is 1. The number of ether oxygens (including phenoxy) is 1.